The van der Waals surface area contributed by atoms with Crippen LogP contribution < -0.4 is 16.0 Å². The Bertz CT molecular complexity index is 1360. The van der Waals surface area contributed by atoms with Crippen molar-refractivity contribution < 1.29 is 44.3 Å². The van der Waals surface area contributed by atoms with E-state index in [9.17, 15) is 34.8 Å². The number of Topliss-reactive ketones (excluding diaryl/α,β-unsaturated/α-hetero) is 2. The van der Waals surface area contributed by atoms with Crippen LogP contribution in [-0.4, -0.2) is 95.1 Å². The zero-order chi connectivity index (χ0) is 29.1. The van der Waals surface area contributed by atoms with Gasteiger partial charge in [0.15, 0.2) is 11.4 Å². The SMILES string of the molecule is NC(=O)C1=C(O)[C@@]2(O)C(=O)C3=C(O)c4c(O)ccc(N5CCCOCC5)c4C[C@H]3C[C@H]2[C@@H](NC2CCOCC2)C1=O. The van der Waals surface area contributed by atoms with Gasteiger partial charge in [0.05, 0.1) is 18.2 Å². The minimum Gasteiger partial charge on any atom is -0.508 e. The quantitative estimate of drug-likeness (QED) is 0.275. The third kappa shape index (κ3) is 4.32. The molecule has 0 radical (unpaired) electrons. The van der Waals surface area contributed by atoms with Crippen molar-refractivity contribution in [2.45, 2.75) is 49.8 Å². The van der Waals surface area contributed by atoms with Crippen LogP contribution in [-0.2, 0) is 30.3 Å². The third-order valence-corrected chi connectivity index (χ3v) is 9.26. The first-order valence-electron chi connectivity index (χ1n) is 14.1. The lowest BCUT2D eigenvalue weighted by Crippen LogP contribution is -2.67. The number of benzene rings is 1. The first-order valence-corrected chi connectivity index (χ1v) is 14.1. The van der Waals surface area contributed by atoms with Crippen molar-refractivity contribution in [2.75, 3.05) is 44.4 Å². The Hall–Kier alpha value is -3.45. The van der Waals surface area contributed by atoms with Gasteiger partial charge < -0.3 is 45.9 Å². The molecule has 2 heterocycles. The van der Waals surface area contributed by atoms with E-state index >= 15 is 0 Å². The molecular formula is C29H35N3O9. The van der Waals surface area contributed by atoms with Crippen LogP contribution in [0.15, 0.2) is 29.0 Å². The van der Waals surface area contributed by atoms with Crippen LogP contribution in [0.5, 0.6) is 5.75 Å². The highest BCUT2D eigenvalue weighted by Crippen LogP contribution is 2.53. The minimum absolute atomic E-state index is 0.0437. The summed E-state index contributed by atoms with van der Waals surface area (Å²) >= 11 is 0. The molecule has 1 amide bonds. The maximum Gasteiger partial charge on any atom is 0.255 e. The van der Waals surface area contributed by atoms with Gasteiger partial charge in [0.2, 0.25) is 5.78 Å². The molecule has 1 aromatic rings. The van der Waals surface area contributed by atoms with E-state index in [1.54, 1.807) is 6.07 Å². The number of aromatic hydroxyl groups is 1. The third-order valence-electron chi connectivity index (χ3n) is 9.26. The van der Waals surface area contributed by atoms with Gasteiger partial charge in [-0.05, 0) is 55.7 Å². The number of carbonyl (C=O) groups is 3. The topological polar surface area (TPSA) is 192 Å². The number of rotatable bonds is 4. The molecule has 7 N–H and O–H groups in total. The van der Waals surface area contributed by atoms with Crippen molar-refractivity contribution >= 4 is 28.9 Å². The predicted octanol–water partition coefficient (Wildman–Crippen LogP) is 0.398. The van der Waals surface area contributed by atoms with E-state index in [1.807, 2.05) is 0 Å². The molecule has 12 nitrogen and oxygen atoms in total. The van der Waals surface area contributed by atoms with E-state index in [4.69, 9.17) is 15.2 Å². The second-order valence-corrected chi connectivity index (χ2v) is 11.5. The number of ketones is 2. The maximum atomic E-state index is 14.1. The van der Waals surface area contributed by atoms with Gasteiger partial charge in [-0.3, -0.25) is 14.4 Å². The summed E-state index contributed by atoms with van der Waals surface area (Å²) < 4.78 is 11.0. The van der Waals surface area contributed by atoms with Gasteiger partial charge >= 0.3 is 0 Å². The summed E-state index contributed by atoms with van der Waals surface area (Å²) in [6, 6.07) is 1.88. The second kappa shape index (κ2) is 10.4. The Balaban J connectivity index is 1.47. The molecule has 220 valence electrons. The number of fused-ring (bicyclic) bond motifs is 3. The largest absolute Gasteiger partial charge is 0.508 e. The molecule has 0 aromatic heterocycles. The molecule has 2 saturated heterocycles. The zero-order valence-electron chi connectivity index (χ0n) is 22.6. The number of phenolic OH excluding ortho intramolecular Hbond substituents is 1. The van der Waals surface area contributed by atoms with Crippen LogP contribution >= 0.6 is 0 Å². The monoisotopic (exact) mass is 569 g/mol. The number of carbonyl (C=O) groups excluding carboxylic acids is 3. The van der Waals surface area contributed by atoms with E-state index in [-0.39, 0.29) is 35.8 Å². The fourth-order valence-corrected chi connectivity index (χ4v) is 7.25. The van der Waals surface area contributed by atoms with Crippen molar-refractivity contribution in [3.63, 3.8) is 0 Å². The summed E-state index contributed by atoms with van der Waals surface area (Å²) in [4.78, 5) is 42.1. The Labute approximate surface area is 236 Å². The number of nitrogens with one attached hydrogen (secondary N) is 1. The Morgan fingerprint density at radius 3 is 2.51 bits per heavy atom. The highest BCUT2D eigenvalue weighted by molar-refractivity contribution is 6.24. The molecule has 0 unspecified atom stereocenters. The summed E-state index contributed by atoms with van der Waals surface area (Å²) in [6.07, 6.45) is 2.25. The first-order chi connectivity index (χ1) is 19.6. The number of aliphatic hydroxyl groups excluding tert-OH is 2. The number of anilines is 1. The summed E-state index contributed by atoms with van der Waals surface area (Å²) in [6.45, 7) is 3.40. The molecule has 1 saturated carbocycles. The lowest BCUT2D eigenvalue weighted by atomic mass is 9.57. The van der Waals surface area contributed by atoms with Gasteiger partial charge in [0.1, 0.15) is 22.8 Å². The molecule has 3 aliphatic carbocycles. The van der Waals surface area contributed by atoms with Gasteiger partial charge in [-0.25, -0.2) is 0 Å². The van der Waals surface area contributed by atoms with Crippen LogP contribution in [0.25, 0.3) is 5.76 Å². The molecule has 0 bridgehead atoms. The fraction of sp³-hybridized carbons (Fsp3) is 0.552. The Kier molecular flexibility index (Phi) is 7.05. The molecule has 5 aliphatic rings. The highest BCUT2D eigenvalue weighted by atomic mass is 16.5. The van der Waals surface area contributed by atoms with Gasteiger partial charge in [-0.2, -0.15) is 0 Å². The van der Waals surface area contributed by atoms with Crippen molar-refractivity contribution in [1.82, 2.24) is 5.32 Å². The van der Waals surface area contributed by atoms with E-state index in [1.165, 1.54) is 6.07 Å². The molecule has 0 spiro atoms. The van der Waals surface area contributed by atoms with E-state index in [2.05, 4.69) is 10.2 Å². The number of primary amides is 1. The number of phenols is 1. The van der Waals surface area contributed by atoms with E-state index < -0.39 is 58.0 Å². The van der Waals surface area contributed by atoms with Crippen LogP contribution in [0.1, 0.15) is 36.8 Å². The number of hydrogen-bond acceptors (Lipinski definition) is 11. The number of amides is 1. The first kappa shape index (κ1) is 27.7. The highest BCUT2D eigenvalue weighted by Gasteiger charge is 2.64. The zero-order valence-corrected chi connectivity index (χ0v) is 22.6. The predicted molar refractivity (Wildman–Crippen MR) is 145 cm³/mol. The van der Waals surface area contributed by atoms with Crippen LogP contribution in [0.3, 0.4) is 0 Å². The van der Waals surface area contributed by atoms with Crippen molar-refractivity contribution in [2.24, 2.45) is 17.6 Å². The van der Waals surface area contributed by atoms with Crippen molar-refractivity contribution in [1.29, 1.82) is 0 Å². The van der Waals surface area contributed by atoms with Crippen LogP contribution in [0.2, 0.25) is 0 Å². The number of nitrogens with zero attached hydrogens (tertiary/aromatic N) is 1. The van der Waals surface area contributed by atoms with Crippen molar-refractivity contribution in [3.05, 3.63) is 40.2 Å². The average Bonchev–Trinajstić information content (AvgIpc) is 3.23. The average molecular weight is 570 g/mol. The van der Waals surface area contributed by atoms with Crippen LogP contribution in [0.4, 0.5) is 5.69 Å². The molecular weight excluding hydrogens is 534 g/mol. The van der Waals surface area contributed by atoms with Crippen LogP contribution in [0, 0.1) is 11.8 Å². The number of hydrogen-bond donors (Lipinski definition) is 6. The summed E-state index contributed by atoms with van der Waals surface area (Å²) in [7, 11) is 0. The van der Waals surface area contributed by atoms with Gasteiger partial charge in [-0.1, -0.05) is 0 Å². The normalized spacial score (nSPS) is 31.0. The smallest absolute Gasteiger partial charge is 0.255 e. The summed E-state index contributed by atoms with van der Waals surface area (Å²) in [5.74, 6) is -6.63. The molecule has 41 heavy (non-hydrogen) atoms. The number of ether oxygens (including phenoxy) is 2. The lowest BCUT2D eigenvalue weighted by Gasteiger charge is -2.50. The standard InChI is InChI=1S/C29H35N3O9/c30-28(38)22-25(35)23(31-15-4-9-41-10-5-15)17-13-14-12-16-18(32-6-1-8-40-11-7-32)2-3-19(33)21(16)24(34)20(14)26(36)29(17,39)27(22)37/h2-3,14-15,17,23,31,33-34,37,39H,1,4-13H2,(H2,30,38)/t14-,17-,23+,29-/m0/s1. The molecule has 3 fully saturated rings. The van der Waals surface area contributed by atoms with Gasteiger partial charge in [0.25, 0.3) is 5.91 Å². The van der Waals surface area contributed by atoms with Crippen molar-refractivity contribution in [3.8, 4) is 5.75 Å². The van der Waals surface area contributed by atoms with E-state index in [0.717, 1.165) is 12.1 Å². The van der Waals surface area contributed by atoms with Gasteiger partial charge in [0, 0.05) is 56.1 Å². The minimum atomic E-state index is -2.67. The molecule has 12 heteroatoms. The molecule has 4 atom stereocenters. The maximum absolute atomic E-state index is 14.1. The lowest BCUT2D eigenvalue weighted by molar-refractivity contribution is -0.150. The second-order valence-electron chi connectivity index (χ2n) is 11.5. The molecule has 1 aromatic carbocycles. The van der Waals surface area contributed by atoms with Gasteiger partial charge in [-0.15, -0.1) is 0 Å². The molecule has 6 rings (SSSR count). The fourth-order valence-electron chi connectivity index (χ4n) is 7.25. The summed E-state index contributed by atoms with van der Waals surface area (Å²) in [5.41, 5.74) is 3.35. The van der Waals surface area contributed by atoms with E-state index in [0.29, 0.717) is 57.9 Å². The Morgan fingerprint density at radius 1 is 1.05 bits per heavy atom. The Morgan fingerprint density at radius 2 is 1.78 bits per heavy atom. The summed E-state index contributed by atoms with van der Waals surface area (Å²) in [5, 5.41) is 48.5. The number of nitrogens with two attached hydrogens (primary N) is 1. The number of aliphatic hydroxyl groups is 3. The molecule has 2 aliphatic heterocycles.